The number of carboxylic acids is 1. The van der Waals surface area contributed by atoms with E-state index in [0.29, 0.717) is 6.61 Å². The summed E-state index contributed by atoms with van der Waals surface area (Å²) in [7, 11) is 0. The van der Waals surface area contributed by atoms with E-state index in [4.69, 9.17) is 14.6 Å². The summed E-state index contributed by atoms with van der Waals surface area (Å²) >= 11 is 0. The third-order valence-corrected chi connectivity index (χ3v) is 2.06. The summed E-state index contributed by atoms with van der Waals surface area (Å²) in [6.07, 6.45) is 0. The van der Waals surface area contributed by atoms with Crippen LogP contribution in [0.3, 0.4) is 0 Å². The molecule has 0 aliphatic rings. The molecular formula is C13H17FO4. The van der Waals surface area contributed by atoms with Gasteiger partial charge in [-0.2, -0.15) is 0 Å². The highest BCUT2D eigenvalue weighted by atomic mass is 19.1. The Kier molecular flexibility index (Phi) is 4.67. The summed E-state index contributed by atoms with van der Waals surface area (Å²) in [5.41, 5.74) is -0.616. The topological polar surface area (TPSA) is 55.8 Å². The zero-order valence-electron chi connectivity index (χ0n) is 10.7. The van der Waals surface area contributed by atoms with Gasteiger partial charge in [-0.15, -0.1) is 0 Å². The molecule has 1 rings (SSSR count). The Morgan fingerprint density at radius 2 is 2.00 bits per heavy atom. The van der Waals surface area contributed by atoms with E-state index in [9.17, 15) is 9.18 Å². The molecule has 100 valence electrons. The van der Waals surface area contributed by atoms with Crippen LogP contribution in [-0.2, 0) is 4.74 Å². The van der Waals surface area contributed by atoms with Gasteiger partial charge in [0.05, 0.1) is 17.8 Å². The van der Waals surface area contributed by atoms with Gasteiger partial charge >= 0.3 is 5.97 Å². The first-order valence-corrected chi connectivity index (χ1v) is 5.59. The van der Waals surface area contributed by atoms with E-state index in [1.807, 2.05) is 20.8 Å². The van der Waals surface area contributed by atoms with Crippen molar-refractivity contribution in [1.82, 2.24) is 0 Å². The number of ether oxygens (including phenoxy) is 2. The first-order valence-electron chi connectivity index (χ1n) is 5.59. The molecule has 0 saturated carbocycles. The second kappa shape index (κ2) is 5.82. The number of carbonyl (C=O) groups is 1. The van der Waals surface area contributed by atoms with Crippen LogP contribution in [0, 0.1) is 5.82 Å². The summed E-state index contributed by atoms with van der Waals surface area (Å²) in [6.45, 7) is 6.44. The van der Waals surface area contributed by atoms with E-state index >= 15 is 0 Å². The van der Waals surface area contributed by atoms with E-state index in [0.717, 1.165) is 6.07 Å². The van der Waals surface area contributed by atoms with Gasteiger partial charge in [-0.05, 0) is 32.9 Å². The fourth-order valence-electron chi connectivity index (χ4n) is 1.27. The van der Waals surface area contributed by atoms with Crippen LogP contribution in [0.4, 0.5) is 4.39 Å². The van der Waals surface area contributed by atoms with Crippen LogP contribution in [-0.4, -0.2) is 29.9 Å². The van der Waals surface area contributed by atoms with Gasteiger partial charge in [-0.3, -0.25) is 0 Å². The lowest BCUT2D eigenvalue weighted by Crippen LogP contribution is -2.22. The number of benzene rings is 1. The number of halogens is 1. The van der Waals surface area contributed by atoms with Crippen molar-refractivity contribution in [2.24, 2.45) is 0 Å². The van der Waals surface area contributed by atoms with Crippen molar-refractivity contribution in [3.63, 3.8) is 0 Å². The number of hydrogen-bond donors (Lipinski definition) is 1. The van der Waals surface area contributed by atoms with Crippen molar-refractivity contribution in [2.45, 2.75) is 26.4 Å². The Hall–Kier alpha value is -1.62. The van der Waals surface area contributed by atoms with Crippen molar-refractivity contribution in [3.05, 3.63) is 29.6 Å². The normalized spacial score (nSPS) is 11.3. The third kappa shape index (κ3) is 4.71. The second-order valence-corrected chi connectivity index (χ2v) is 4.76. The fourth-order valence-corrected chi connectivity index (χ4v) is 1.27. The monoisotopic (exact) mass is 256 g/mol. The van der Waals surface area contributed by atoms with Gasteiger partial charge in [0.1, 0.15) is 18.2 Å². The SMILES string of the molecule is CC(C)(C)OCCOc1ccc(C(=O)O)c(F)c1. The van der Waals surface area contributed by atoms with Crippen molar-refractivity contribution in [2.75, 3.05) is 13.2 Å². The van der Waals surface area contributed by atoms with E-state index < -0.39 is 11.8 Å². The quantitative estimate of drug-likeness (QED) is 0.823. The van der Waals surface area contributed by atoms with Gasteiger partial charge in [0, 0.05) is 6.07 Å². The van der Waals surface area contributed by atoms with Crippen LogP contribution in [0.15, 0.2) is 18.2 Å². The van der Waals surface area contributed by atoms with Crippen LogP contribution in [0.2, 0.25) is 0 Å². The molecule has 0 aliphatic carbocycles. The Morgan fingerprint density at radius 3 is 2.50 bits per heavy atom. The molecule has 5 heteroatoms. The summed E-state index contributed by atoms with van der Waals surface area (Å²) < 4.78 is 24.0. The van der Waals surface area contributed by atoms with E-state index in [2.05, 4.69) is 0 Å². The van der Waals surface area contributed by atoms with Crippen LogP contribution < -0.4 is 4.74 Å². The molecule has 0 radical (unpaired) electrons. The predicted molar refractivity (Wildman–Crippen MR) is 64.6 cm³/mol. The molecule has 0 aromatic heterocycles. The maximum atomic E-state index is 13.3. The van der Waals surface area contributed by atoms with Crippen LogP contribution in [0.1, 0.15) is 31.1 Å². The highest BCUT2D eigenvalue weighted by molar-refractivity contribution is 5.88. The van der Waals surface area contributed by atoms with Crippen LogP contribution >= 0.6 is 0 Å². The van der Waals surface area contributed by atoms with Crippen molar-refractivity contribution < 1.29 is 23.8 Å². The number of carboxylic acid groups (broad SMARTS) is 1. The summed E-state index contributed by atoms with van der Waals surface area (Å²) in [5.74, 6) is -1.82. The van der Waals surface area contributed by atoms with Crippen LogP contribution in [0.25, 0.3) is 0 Å². The zero-order chi connectivity index (χ0) is 13.8. The minimum atomic E-state index is -1.30. The van der Waals surface area contributed by atoms with E-state index in [1.54, 1.807) is 0 Å². The van der Waals surface area contributed by atoms with Gasteiger partial charge in [0.2, 0.25) is 0 Å². The Morgan fingerprint density at radius 1 is 1.33 bits per heavy atom. The number of hydrogen-bond acceptors (Lipinski definition) is 3. The molecule has 0 spiro atoms. The predicted octanol–water partition coefficient (Wildman–Crippen LogP) is 2.72. The minimum Gasteiger partial charge on any atom is -0.491 e. The molecule has 0 bridgehead atoms. The van der Waals surface area contributed by atoms with Gasteiger partial charge in [-0.25, -0.2) is 9.18 Å². The smallest absolute Gasteiger partial charge is 0.338 e. The highest BCUT2D eigenvalue weighted by Gasteiger charge is 2.12. The lowest BCUT2D eigenvalue weighted by Gasteiger charge is -2.19. The molecule has 0 fully saturated rings. The van der Waals surface area contributed by atoms with Gasteiger partial charge in [0.15, 0.2) is 0 Å². The molecule has 1 aromatic carbocycles. The summed E-state index contributed by atoms with van der Waals surface area (Å²) in [5, 5.41) is 8.66. The summed E-state index contributed by atoms with van der Waals surface area (Å²) in [4.78, 5) is 10.6. The first-order chi connectivity index (χ1) is 8.29. The maximum absolute atomic E-state index is 13.3. The first kappa shape index (κ1) is 14.4. The average Bonchev–Trinajstić information content (AvgIpc) is 2.22. The second-order valence-electron chi connectivity index (χ2n) is 4.76. The highest BCUT2D eigenvalue weighted by Crippen LogP contribution is 2.17. The average molecular weight is 256 g/mol. The van der Waals surface area contributed by atoms with Crippen LogP contribution in [0.5, 0.6) is 5.75 Å². The molecule has 0 amide bonds. The maximum Gasteiger partial charge on any atom is 0.338 e. The summed E-state index contributed by atoms with van der Waals surface area (Å²) in [6, 6.07) is 3.65. The van der Waals surface area contributed by atoms with E-state index in [1.165, 1.54) is 12.1 Å². The van der Waals surface area contributed by atoms with Gasteiger partial charge in [0.25, 0.3) is 0 Å². The number of aromatic carboxylic acids is 1. The largest absolute Gasteiger partial charge is 0.491 e. The van der Waals surface area contributed by atoms with E-state index in [-0.39, 0.29) is 23.5 Å². The van der Waals surface area contributed by atoms with Gasteiger partial charge in [-0.1, -0.05) is 0 Å². The molecule has 0 heterocycles. The molecule has 18 heavy (non-hydrogen) atoms. The molecule has 0 unspecified atom stereocenters. The molecule has 1 N–H and O–H groups in total. The van der Waals surface area contributed by atoms with Crippen molar-refractivity contribution >= 4 is 5.97 Å². The molecule has 1 aromatic rings. The molecule has 0 saturated heterocycles. The Balaban J connectivity index is 2.49. The fraction of sp³-hybridized carbons (Fsp3) is 0.462. The zero-order valence-corrected chi connectivity index (χ0v) is 10.7. The van der Waals surface area contributed by atoms with Gasteiger partial charge < -0.3 is 14.6 Å². The molecule has 0 aliphatic heterocycles. The van der Waals surface area contributed by atoms with Crippen molar-refractivity contribution in [3.8, 4) is 5.75 Å². The number of rotatable bonds is 5. The Labute approximate surface area is 105 Å². The molecular weight excluding hydrogens is 239 g/mol. The molecule has 4 nitrogen and oxygen atoms in total. The molecule has 0 atom stereocenters. The standard InChI is InChI=1S/C13H17FO4/c1-13(2,3)18-7-6-17-9-4-5-10(12(15)16)11(14)8-9/h4-5,8H,6-7H2,1-3H3,(H,15,16). The lowest BCUT2D eigenvalue weighted by molar-refractivity contribution is -0.0163. The minimum absolute atomic E-state index is 0.248. The lowest BCUT2D eigenvalue weighted by atomic mass is 10.2. The van der Waals surface area contributed by atoms with Crippen molar-refractivity contribution in [1.29, 1.82) is 0 Å². The Bertz CT molecular complexity index is 423. The third-order valence-electron chi connectivity index (χ3n) is 2.06.